The van der Waals surface area contributed by atoms with Crippen molar-refractivity contribution < 1.29 is 4.79 Å². The van der Waals surface area contributed by atoms with Crippen LogP contribution in [0.1, 0.15) is 41.8 Å². The zero-order chi connectivity index (χ0) is 18.4. The molecule has 0 aliphatic heterocycles. The lowest BCUT2D eigenvalue weighted by Crippen LogP contribution is -2.35. The lowest BCUT2D eigenvalue weighted by molar-refractivity contribution is 0.0951. The highest BCUT2D eigenvalue weighted by atomic mass is 35.5. The number of aromatic nitrogens is 1. The number of benzene rings is 1. The highest BCUT2D eigenvalue weighted by Crippen LogP contribution is 2.10. The van der Waals surface area contributed by atoms with Crippen molar-refractivity contribution in [2.45, 2.75) is 40.2 Å². The van der Waals surface area contributed by atoms with Crippen LogP contribution in [0.5, 0.6) is 0 Å². The molecule has 1 aromatic carbocycles. The molecule has 0 saturated heterocycles. The fraction of sp³-hybridized carbons (Fsp3) is 0.400. The smallest absolute Gasteiger partial charge is 0.263 e. The summed E-state index contributed by atoms with van der Waals surface area (Å²) in [6.45, 7) is 7.12. The van der Waals surface area contributed by atoms with E-state index >= 15 is 0 Å². The van der Waals surface area contributed by atoms with Crippen molar-refractivity contribution in [3.63, 3.8) is 0 Å². The van der Waals surface area contributed by atoms with Gasteiger partial charge in [0.2, 0.25) is 0 Å². The summed E-state index contributed by atoms with van der Waals surface area (Å²) < 4.78 is 1.63. The minimum atomic E-state index is -0.310. The molecule has 0 saturated carbocycles. The van der Waals surface area contributed by atoms with Crippen LogP contribution in [0.2, 0.25) is 5.02 Å². The van der Waals surface area contributed by atoms with E-state index in [-0.39, 0.29) is 17.0 Å². The van der Waals surface area contributed by atoms with Crippen LogP contribution >= 0.6 is 11.6 Å². The molecule has 0 atom stereocenters. The largest absolute Gasteiger partial charge is 0.352 e. The van der Waals surface area contributed by atoms with Crippen LogP contribution in [0.15, 0.2) is 41.3 Å². The first kappa shape index (κ1) is 19.3. The first-order valence-electron chi connectivity index (χ1n) is 8.61. The molecule has 1 heterocycles. The Hall–Kier alpha value is -2.07. The Bertz CT molecular complexity index is 779. The predicted molar refractivity (Wildman–Crippen MR) is 102 cm³/mol. The fourth-order valence-electron chi connectivity index (χ4n) is 2.57. The minimum Gasteiger partial charge on any atom is -0.352 e. The van der Waals surface area contributed by atoms with Gasteiger partial charge in [-0.3, -0.25) is 9.59 Å². The molecule has 0 radical (unpaired) electrons. The molecule has 0 aliphatic rings. The van der Waals surface area contributed by atoms with E-state index in [1.165, 1.54) is 0 Å². The summed E-state index contributed by atoms with van der Waals surface area (Å²) in [7, 11) is 0. The number of hydrogen-bond donors (Lipinski definition) is 1. The number of halogens is 1. The monoisotopic (exact) mass is 360 g/mol. The number of carbonyl (C=O) groups is 1. The normalized spacial score (nSPS) is 10.9. The van der Waals surface area contributed by atoms with Crippen molar-refractivity contribution in [1.82, 2.24) is 9.88 Å². The molecular weight excluding hydrogens is 336 g/mol. The number of aryl methyl sites for hydroxylation is 2. The molecule has 1 amide bonds. The Kier molecular flexibility index (Phi) is 6.82. The Balaban J connectivity index is 2.03. The van der Waals surface area contributed by atoms with Crippen LogP contribution in [0.3, 0.4) is 0 Å². The number of pyridine rings is 1. The summed E-state index contributed by atoms with van der Waals surface area (Å²) in [6, 6.07) is 9.35. The second-order valence-corrected chi connectivity index (χ2v) is 7.12. The van der Waals surface area contributed by atoms with Gasteiger partial charge in [-0.2, -0.15) is 0 Å². The standard InChI is InChI=1S/C20H25ClN2O2/c1-14(2)9-12-23-13-10-15(3)18(20(23)25)19(24)22-11-8-16-4-6-17(21)7-5-16/h4-7,10,13-14H,8-9,11-12H2,1-3H3,(H,22,24). The second-order valence-electron chi connectivity index (χ2n) is 6.69. The van der Waals surface area contributed by atoms with Crippen molar-refractivity contribution in [2.24, 2.45) is 5.92 Å². The third-order valence-corrected chi connectivity index (χ3v) is 4.41. The van der Waals surface area contributed by atoms with Crippen LogP contribution in [-0.2, 0) is 13.0 Å². The van der Waals surface area contributed by atoms with Crippen molar-refractivity contribution in [2.75, 3.05) is 6.54 Å². The van der Waals surface area contributed by atoms with E-state index in [1.807, 2.05) is 30.3 Å². The maximum absolute atomic E-state index is 12.6. The van der Waals surface area contributed by atoms with Gasteiger partial charge < -0.3 is 9.88 Å². The molecule has 0 bridgehead atoms. The molecule has 134 valence electrons. The van der Waals surface area contributed by atoms with Gasteiger partial charge in [0.15, 0.2) is 0 Å². The van der Waals surface area contributed by atoms with Crippen molar-refractivity contribution >= 4 is 17.5 Å². The third-order valence-electron chi connectivity index (χ3n) is 4.16. The third kappa shape index (κ3) is 5.46. The zero-order valence-corrected chi connectivity index (χ0v) is 15.8. The van der Waals surface area contributed by atoms with Crippen LogP contribution in [0, 0.1) is 12.8 Å². The molecule has 1 aromatic heterocycles. The molecule has 1 N–H and O–H groups in total. The van der Waals surface area contributed by atoms with Crippen LogP contribution < -0.4 is 10.9 Å². The van der Waals surface area contributed by atoms with Gasteiger partial charge >= 0.3 is 0 Å². The highest BCUT2D eigenvalue weighted by Gasteiger charge is 2.15. The van der Waals surface area contributed by atoms with Gasteiger partial charge in [-0.25, -0.2) is 0 Å². The van der Waals surface area contributed by atoms with Crippen LogP contribution in [-0.4, -0.2) is 17.0 Å². The Morgan fingerprint density at radius 1 is 1.20 bits per heavy atom. The van der Waals surface area contributed by atoms with Gasteiger partial charge in [0.25, 0.3) is 11.5 Å². The van der Waals surface area contributed by atoms with Crippen molar-refractivity contribution in [3.05, 3.63) is 68.6 Å². The number of nitrogens with zero attached hydrogens (tertiary/aromatic N) is 1. The van der Waals surface area contributed by atoms with E-state index < -0.39 is 0 Å². The maximum Gasteiger partial charge on any atom is 0.263 e. The van der Waals surface area contributed by atoms with E-state index in [4.69, 9.17) is 11.6 Å². The maximum atomic E-state index is 12.6. The van der Waals surface area contributed by atoms with Gasteiger partial charge in [-0.05, 0) is 55.0 Å². The molecule has 0 unspecified atom stereocenters. The molecule has 25 heavy (non-hydrogen) atoms. The van der Waals surface area contributed by atoms with E-state index in [2.05, 4.69) is 19.2 Å². The summed E-state index contributed by atoms with van der Waals surface area (Å²) >= 11 is 5.86. The summed E-state index contributed by atoms with van der Waals surface area (Å²) in [6.07, 6.45) is 3.36. The van der Waals surface area contributed by atoms with E-state index in [9.17, 15) is 9.59 Å². The van der Waals surface area contributed by atoms with E-state index in [0.717, 1.165) is 12.0 Å². The van der Waals surface area contributed by atoms with E-state index in [0.29, 0.717) is 36.0 Å². The molecule has 0 fully saturated rings. The van der Waals surface area contributed by atoms with Gasteiger partial charge in [0.1, 0.15) is 5.56 Å². The molecule has 5 heteroatoms. The highest BCUT2D eigenvalue weighted by molar-refractivity contribution is 6.30. The summed E-state index contributed by atoms with van der Waals surface area (Å²) in [5.41, 5.74) is 1.81. The van der Waals surface area contributed by atoms with Crippen molar-refractivity contribution in [3.8, 4) is 0 Å². The predicted octanol–water partition coefficient (Wildman–Crippen LogP) is 3.83. The van der Waals surface area contributed by atoms with Gasteiger partial charge in [-0.15, -0.1) is 0 Å². The van der Waals surface area contributed by atoms with E-state index in [1.54, 1.807) is 17.7 Å². The number of nitrogens with one attached hydrogen (secondary N) is 1. The average Bonchev–Trinajstić information content (AvgIpc) is 2.56. The van der Waals surface area contributed by atoms with Crippen molar-refractivity contribution in [1.29, 1.82) is 0 Å². The Morgan fingerprint density at radius 2 is 1.88 bits per heavy atom. The molecular formula is C20H25ClN2O2. The molecule has 2 aromatic rings. The summed E-state index contributed by atoms with van der Waals surface area (Å²) in [5, 5.41) is 3.54. The Labute approximate surface area is 153 Å². The number of amides is 1. The van der Waals surface area contributed by atoms with Crippen LogP contribution in [0.4, 0.5) is 0 Å². The topological polar surface area (TPSA) is 51.1 Å². The quantitative estimate of drug-likeness (QED) is 0.815. The number of hydrogen-bond acceptors (Lipinski definition) is 2. The number of rotatable bonds is 7. The van der Waals surface area contributed by atoms with Gasteiger partial charge in [0.05, 0.1) is 0 Å². The summed E-state index contributed by atoms with van der Waals surface area (Å²) in [5.74, 6) is 0.195. The first-order chi connectivity index (χ1) is 11.9. The molecule has 4 nitrogen and oxygen atoms in total. The average molecular weight is 361 g/mol. The minimum absolute atomic E-state index is 0.218. The SMILES string of the molecule is Cc1ccn(CCC(C)C)c(=O)c1C(=O)NCCc1ccc(Cl)cc1. The molecule has 0 aliphatic carbocycles. The van der Waals surface area contributed by atoms with Gasteiger partial charge in [0, 0.05) is 24.3 Å². The molecule has 2 rings (SSSR count). The number of carbonyl (C=O) groups excluding carboxylic acids is 1. The lowest BCUT2D eigenvalue weighted by atomic mass is 10.1. The van der Waals surface area contributed by atoms with Crippen LogP contribution in [0.25, 0.3) is 0 Å². The lowest BCUT2D eigenvalue weighted by Gasteiger charge is -2.12. The fourth-order valence-corrected chi connectivity index (χ4v) is 2.70. The van der Waals surface area contributed by atoms with Gasteiger partial charge in [-0.1, -0.05) is 37.6 Å². The second kappa shape index (κ2) is 8.86. The first-order valence-corrected chi connectivity index (χ1v) is 8.99. The zero-order valence-electron chi connectivity index (χ0n) is 15.0. The Morgan fingerprint density at radius 3 is 2.52 bits per heavy atom. The summed E-state index contributed by atoms with van der Waals surface area (Å²) in [4.78, 5) is 25.1. The molecule has 0 spiro atoms.